The molecule has 3 aliphatic carbocycles. The molecule has 2 saturated carbocycles. The quantitative estimate of drug-likeness (QED) is 0.629. The molecule has 3 fully saturated rings. The molecule has 0 aromatic carbocycles. The van der Waals surface area contributed by atoms with Crippen LogP contribution in [0.2, 0.25) is 0 Å². The Balaban J connectivity index is 1.95. The van der Waals surface area contributed by atoms with Crippen molar-refractivity contribution in [3.8, 4) is 0 Å². The zero-order valence-electron chi connectivity index (χ0n) is 18.1. The molecule has 4 rings (SSSR count). The lowest BCUT2D eigenvalue weighted by Gasteiger charge is -2.70. The number of aliphatic hydroxyl groups is 3. The van der Waals surface area contributed by atoms with Crippen LogP contribution in [0.5, 0.6) is 0 Å². The highest BCUT2D eigenvalue weighted by Gasteiger charge is 2.75. The number of allylic oxidation sites excluding steroid dienone is 2. The van der Waals surface area contributed by atoms with E-state index in [0.29, 0.717) is 12.2 Å². The molecule has 11 atom stereocenters. The van der Waals surface area contributed by atoms with E-state index in [0.717, 1.165) is 0 Å². The second-order valence-corrected chi connectivity index (χ2v) is 10.1. The van der Waals surface area contributed by atoms with Crippen LogP contribution in [-0.2, 0) is 19.0 Å². The molecule has 7 heteroatoms. The van der Waals surface area contributed by atoms with Crippen molar-refractivity contribution in [2.45, 2.75) is 70.7 Å². The molecule has 0 aromatic heterocycles. The van der Waals surface area contributed by atoms with Gasteiger partial charge < -0.3 is 29.5 Å². The Bertz CT molecular complexity index is 733. The SMILES string of the molecule is COC1=C[C@@H](C)[C@H]2C[C@H]3O[C@@H](O)C[C@H]4[C@](C)(O)[C@H](OC)[C@@H](O)[C@H]([C@@]2(C)C1=O)[C@@]34C. The Labute approximate surface area is 172 Å². The number of hydrogen-bond donors (Lipinski definition) is 3. The summed E-state index contributed by atoms with van der Waals surface area (Å²) in [4.78, 5) is 13.6. The van der Waals surface area contributed by atoms with Gasteiger partial charge in [0.25, 0.3) is 0 Å². The van der Waals surface area contributed by atoms with Crippen LogP contribution in [0, 0.1) is 34.5 Å². The molecule has 4 aliphatic rings. The first-order chi connectivity index (χ1) is 13.4. The molecular formula is C22H34O7. The number of rotatable bonds is 2. The van der Waals surface area contributed by atoms with Crippen LogP contribution < -0.4 is 0 Å². The number of ketones is 1. The van der Waals surface area contributed by atoms with Crippen molar-refractivity contribution in [1.82, 2.24) is 0 Å². The lowest BCUT2D eigenvalue weighted by molar-refractivity contribution is -0.354. The van der Waals surface area contributed by atoms with Gasteiger partial charge in [-0.2, -0.15) is 0 Å². The van der Waals surface area contributed by atoms with Crippen molar-refractivity contribution in [2.75, 3.05) is 14.2 Å². The Hall–Kier alpha value is -0.990. The van der Waals surface area contributed by atoms with E-state index in [4.69, 9.17) is 14.2 Å². The van der Waals surface area contributed by atoms with E-state index in [-0.39, 0.29) is 30.1 Å². The number of Topliss-reactive ketones (excluding diaryl/α,β-unsaturated/α-hetero) is 1. The second-order valence-electron chi connectivity index (χ2n) is 10.1. The van der Waals surface area contributed by atoms with Gasteiger partial charge in [0.05, 0.1) is 24.9 Å². The van der Waals surface area contributed by atoms with E-state index in [1.165, 1.54) is 14.2 Å². The van der Waals surface area contributed by atoms with E-state index in [9.17, 15) is 20.1 Å². The van der Waals surface area contributed by atoms with E-state index >= 15 is 0 Å². The van der Waals surface area contributed by atoms with E-state index in [2.05, 4.69) is 0 Å². The zero-order valence-corrected chi connectivity index (χ0v) is 18.1. The molecule has 1 aliphatic heterocycles. The molecule has 0 radical (unpaired) electrons. The fourth-order valence-corrected chi connectivity index (χ4v) is 7.77. The fraction of sp³-hybridized carbons (Fsp3) is 0.864. The minimum Gasteiger partial charge on any atom is -0.493 e. The Morgan fingerprint density at radius 1 is 1.17 bits per heavy atom. The summed E-state index contributed by atoms with van der Waals surface area (Å²) in [5.74, 6) is -0.764. The fourth-order valence-electron chi connectivity index (χ4n) is 7.77. The maximum Gasteiger partial charge on any atom is 0.203 e. The molecule has 29 heavy (non-hydrogen) atoms. The predicted molar refractivity (Wildman–Crippen MR) is 103 cm³/mol. The van der Waals surface area contributed by atoms with Gasteiger partial charge in [-0.1, -0.05) is 20.8 Å². The summed E-state index contributed by atoms with van der Waals surface area (Å²) in [6.07, 6.45) is -0.691. The minimum absolute atomic E-state index is 0.0361. The normalized spacial score (nSPS) is 56.9. The molecule has 3 N–H and O–H groups in total. The highest BCUT2D eigenvalue weighted by molar-refractivity contribution is 5.99. The number of ether oxygens (including phenoxy) is 3. The molecule has 164 valence electrons. The summed E-state index contributed by atoms with van der Waals surface area (Å²) in [7, 11) is 2.96. The number of aliphatic hydroxyl groups excluding tert-OH is 2. The molecule has 0 amide bonds. The summed E-state index contributed by atoms with van der Waals surface area (Å²) in [5.41, 5.74) is -3.00. The zero-order chi connectivity index (χ0) is 21.5. The molecule has 0 bridgehead atoms. The number of methoxy groups -OCH3 is 2. The van der Waals surface area contributed by atoms with Crippen molar-refractivity contribution in [2.24, 2.45) is 34.5 Å². The van der Waals surface area contributed by atoms with Crippen molar-refractivity contribution >= 4 is 5.78 Å². The van der Waals surface area contributed by atoms with Crippen LogP contribution in [0.3, 0.4) is 0 Å². The topological polar surface area (TPSA) is 105 Å². The third-order valence-electron chi connectivity index (χ3n) is 8.93. The summed E-state index contributed by atoms with van der Waals surface area (Å²) < 4.78 is 17.0. The van der Waals surface area contributed by atoms with Gasteiger partial charge in [-0.3, -0.25) is 4.79 Å². The Morgan fingerprint density at radius 3 is 2.41 bits per heavy atom. The van der Waals surface area contributed by atoms with Gasteiger partial charge in [0.1, 0.15) is 6.10 Å². The number of hydrogen-bond acceptors (Lipinski definition) is 7. The monoisotopic (exact) mass is 410 g/mol. The highest BCUT2D eigenvalue weighted by atomic mass is 16.6. The molecule has 0 aromatic rings. The highest BCUT2D eigenvalue weighted by Crippen LogP contribution is 2.69. The number of carbonyl (C=O) groups excluding carboxylic acids is 1. The van der Waals surface area contributed by atoms with Crippen molar-refractivity contribution < 1.29 is 34.3 Å². The van der Waals surface area contributed by atoms with Gasteiger partial charge in [0, 0.05) is 36.2 Å². The second kappa shape index (κ2) is 6.50. The lowest BCUT2D eigenvalue weighted by Crippen LogP contribution is -2.78. The smallest absolute Gasteiger partial charge is 0.203 e. The summed E-state index contributed by atoms with van der Waals surface area (Å²) in [6.45, 7) is 7.62. The average Bonchev–Trinajstić information content (AvgIpc) is 2.63. The van der Waals surface area contributed by atoms with Crippen LogP contribution in [0.1, 0.15) is 40.5 Å². The number of carbonyl (C=O) groups is 1. The van der Waals surface area contributed by atoms with Gasteiger partial charge >= 0.3 is 0 Å². The van der Waals surface area contributed by atoms with Crippen LogP contribution >= 0.6 is 0 Å². The van der Waals surface area contributed by atoms with Gasteiger partial charge in [-0.15, -0.1) is 0 Å². The lowest BCUT2D eigenvalue weighted by atomic mass is 9.37. The third-order valence-corrected chi connectivity index (χ3v) is 8.93. The van der Waals surface area contributed by atoms with Crippen LogP contribution in [0.15, 0.2) is 11.8 Å². The molecule has 1 saturated heterocycles. The average molecular weight is 411 g/mol. The maximum absolute atomic E-state index is 13.6. The van der Waals surface area contributed by atoms with Crippen molar-refractivity contribution in [3.05, 3.63) is 11.8 Å². The van der Waals surface area contributed by atoms with Crippen LogP contribution in [-0.4, -0.2) is 65.5 Å². The number of fused-ring (bicyclic) bond motifs is 2. The Kier molecular flexibility index (Phi) is 4.76. The van der Waals surface area contributed by atoms with Crippen molar-refractivity contribution in [1.29, 1.82) is 0 Å². The standard InChI is InChI=1S/C22H34O7/c1-10-7-12(27-5)18(25)20(2)11(10)8-14-21(3)13(9-15(23)29-14)22(4,26)19(28-6)16(24)17(20)21/h7,10-11,13-17,19,23-24,26H,8-9H2,1-6H3/t10-,11-,13-,14-,15-,16+,17-,19-,20+,21-,22+/m1/s1. The first-order valence-corrected chi connectivity index (χ1v) is 10.5. The minimum atomic E-state index is -1.38. The maximum atomic E-state index is 13.6. The summed E-state index contributed by atoms with van der Waals surface area (Å²) in [6, 6.07) is 0. The molecule has 0 unspecified atom stereocenters. The van der Waals surface area contributed by atoms with Gasteiger partial charge in [0.15, 0.2) is 12.0 Å². The molecule has 0 spiro atoms. The Morgan fingerprint density at radius 2 is 1.83 bits per heavy atom. The van der Waals surface area contributed by atoms with E-state index in [1.807, 2.05) is 26.8 Å². The largest absolute Gasteiger partial charge is 0.493 e. The van der Waals surface area contributed by atoms with Gasteiger partial charge in [0.2, 0.25) is 5.78 Å². The summed E-state index contributed by atoms with van der Waals surface area (Å²) in [5, 5.41) is 33.5. The van der Waals surface area contributed by atoms with Crippen LogP contribution in [0.25, 0.3) is 0 Å². The summed E-state index contributed by atoms with van der Waals surface area (Å²) >= 11 is 0. The molecule has 1 heterocycles. The third kappa shape index (κ3) is 2.45. The van der Waals surface area contributed by atoms with Gasteiger partial charge in [-0.25, -0.2) is 0 Å². The van der Waals surface area contributed by atoms with E-state index in [1.54, 1.807) is 6.92 Å². The first-order valence-electron chi connectivity index (χ1n) is 10.5. The van der Waals surface area contributed by atoms with Crippen LogP contribution in [0.4, 0.5) is 0 Å². The predicted octanol–water partition coefficient (Wildman–Crippen LogP) is 1.25. The first kappa shape index (κ1) is 21.2. The van der Waals surface area contributed by atoms with Gasteiger partial charge in [-0.05, 0) is 31.3 Å². The van der Waals surface area contributed by atoms with Crippen molar-refractivity contribution in [3.63, 3.8) is 0 Å². The molecule has 7 nitrogen and oxygen atoms in total. The molecular weight excluding hydrogens is 376 g/mol. The van der Waals surface area contributed by atoms with E-state index < -0.39 is 46.8 Å².